The minimum absolute atomic E-state index is 0.266. The molecule has 0 amide bonds. The van der Waals surface area contributed by atoms with Gasteiger partial charge in [-0.1, -0.05) is 0 Å². The van der Waals surface area contributed by atoms with Gasteiger partial charge >= 0.3 is 0 Å². The fourth-order valence-corrected chi connectivity index (χ4v) is 1.73. The van der Waals surface area contributed by atoms with Crippen LogP contribution < -0.4 is 14.8 Å². The van der Waals surface area contributed by atoms with Crippen LogP contribution in [0.2, 0.25) is 0 Å². The summed E-state index contributed by atoms with van der Waals surface area (Å²) in [4.78, 5) is 0. The number of nitrogens with zero attached hydrogens (tertiary/aromatic N) is 1. The molecule has 0 bridgehead atoms. The first-order valence-corrected chi connectivity index (χ1v) is 5.47. The Balaban J connectivity index is 1.68. The molecule has 1 aliphatic heterocycles. The second kappa shape index (κ2) is 4.34. The van der Waals surface area contributed by atoms with Crippen molar-refractivity contribution in [3.63, 3.8) is 0 Å². The molecule has 90 valence electrons. The van der Waals surface area contributed by atoms with Gasteiger partial charge in [-0.25, -0.2) is 0 Å². The molecule has 1 aromatic carbocycles. The highest BCUT2D eigenvalue weighted by Gasteiger charge is 2.13. The number of hydrogen-bond donors (Lipinski definition) is 1. The third-order valence-electron chi connectivity index (χ3n) is 2.61. The van der Waals surface area contributed by atoms with Gasteiger partial charge in [0.2, 0.25) is 12.6 Å². The maximum atomic E-state index is 8.65. The van der Waals surface area contributed by atoms with E-state index < -0.39 is 0 Å². The summed E-state index contributed by atoms with van der Waals surface area (Å²) < 4.78 is 15.8. The topological polar surface area (TPSA) is 67.4 Å². The lowest BCUT2D eigenvalue weighted by atomic mass is 10.2. The molecule has 0 spiro atoms. The average Bonchev–Trinajstić information content (AvgIpc) is 3.04. The summed E-state index contributed by atoms with van der Waals surface area (Å²) >= 11 is 0. The van der Waals surface area contributed by atoms with Crippen molar-refractivity contribution in [1.29, 1.82) is 5.26 Å². The van der Waals surface area contributed by atoms with E-state index >= 15 is 0 Å². The monoisotopic (exact) mass is 242 g/mol. The number of nitrogens with one attached hydrogen (secondary N) is 1. The van der Waals surface area contributed by atoms with Crippen molar-refractivity contribution in [1.82, 2.24) is 0 Å². The van der Waals surface area contributed by atoms with Crippen LogP contribution in [0.1, 0.15) is 11.5 Å². The van der Waals surface area contributed by atoms with Crippen molar-refractivity contribution < 1.29 is 13.9 Å². The van der Waals surface area contributed by atoms with Gasteiger partial charge < -0.3 is 19.2 Å². The summed E-state index contributed by atoms with van der Waals surface area (Å²) in [7, 11) is 0. The van der Waals surface area contributed by atoms with E-state index in [-0.39, 0.29) is 6.79 Å². The average molecular weight is 242 g/mol. The Morgan fingerprint density at radius 3 is 2.89 bits per heavy atom. The van der Waals surface area contributed by atoms with Crippen LogP contribution >= 0.6 is 0 Å². The lowest BCUT2D eigenvalue weighted by Crippen LogP contribution is -1.97. The molecule has 1 aromatic heterocycles. The van der Waals surface area contributed by atoms with E-state index in [0.29, 0.717) is 18.1 Å². The first-order chi connectivity index (χ1) is 8.85. The van der Waals surface area contributed by atoms with Crippen LogP contribution in [0.4, 0.5) is 5.69 Å². The Morgan fingerprint density at radius 1 is 1.17 bits per heavy atom. The standard InChI is InChI=1S/C13H10N2O3/c14-6-10-2-3-11(18-10)7-15-9-1-4-12-13(5-9)17-8-16-12/h1-5,15H,7-8H2. The highest BCUT2D eigenvalue weighted by atomic mass is 16.7. The summed E-state index contributed by atoms with van der Waals surface area (Å²) in [6, 6.07) is 11.0. The minimum Gasteiger partial charge on any atom is -0.454 e. The number of rotatable bonds is 3. The smallest absolute Gasteiger partial charge is 0.231 e. The molecule has 3 rings (SSSR count). The van der Waals surface area contributed by atoms with E-state index in [1.165, 1.54) is 0 Å². The molecule has 2 heterocycles. The fourth-order valence-electron chi connectivity index (χ4n) is 1.73. The largest absolute Gasteiger partial charge is 0.454 e. The predicted octanol–water partition coefficient (Wildman–Crippen LogP) is 2.49. The van der Waals surface area contributed by atoms with Crippen LogP contribution in [0.15, 0.2) is 34.7 Å². The van der Waals surface area contributed by atoms with Gasteiger partial charge in [-0.3, -0.25) is 0 Å². The molecule has 5 nitrogen and oxygen atoms in total. The molecule has 0 atom stereocenters. The summed E-state index contributed by atoms with van der Waals surface area (Å²) in [6.45, 7) is 0.782. The minimum atomic E-state index is 0.266. The number of benzene rings is 1. The highest BCUT2D eigenvalue weighted by molar-refractivity contribution is 5.55. The van der Waals surface area contributed by atoms with Crippen LogP contribution in [0.5, 0.6) is 11.5 Å². The van der Waals surface area contributed by atoms with Crippen LogP contribution in [0.3, 0.4) is 0 Å². The van der Waals surface area contributed by atoms with Gasteiger partial charge in [0, 0.05) is 11.8 Å². The van der Waals surface area contributed by atoms with E-state index in [1.54, 1.807) is 12.1 Å². The SMILES string of the molecule is N#Cc1ccc(CNc2ccc3c(c2)OCO3)o1. The van der Waals surface area contributed by atoms with Crippen LogP contribution in [0, 0.1) is 11.3 Å². The van der Waals surface area contributed by atoms with Gasteiger partial charge in [-0.05, 0) is 24.3 Å². The summed E-state index contributed by atoms with van der Waals surface area (Å²) in [5, 5.41) is 11.8. The van der Waals surface area contributed by atoms with Gasteiger partial charge in [-0.2, -0.15) is 5.26 Å². The highest BCUT2D eigenvalue weighted by Crippen LogP contribution is 2.34. The number of hydrogen-bond acceptors (Lipinski definition) is 5. The molecule has 18 heavy (non-hydrogen) atoms. The van der Waals surface area contributed by atoms with Crippen LogP contribution in [0.25, 0.3) is 0 Å². The molecular formula is C13H10N2O3. The number of nitriles is 1. The van der Waals surface area contributed by atoms with Gasteiger partial charge in [0.25, 0.3) is 0 Å². The van der Waals surface area contributed by atoms with Gasteiger partial charge in [0.05, 0.1) is 6.54 Å². The fraction of sp³-hybridized carbons (Fsp3) is 0.154. The number of anilines is 1. The first kappa shape index (κ1) is 10.5. The van der Waals surface area contributed by atoms with Gasteiger partial charge in [0.15, 0.2) is 11.5 Å². The Hall–Kier alpha value is -2.61. The lowest BCUT2D eigenvalue weighted by Gasteiger charge is -2.05. The normalized spacial score (nSPS) is 12.2. The molecule has 0 unspecified atom stereocenters. The zero-order valence-corrected chi connectivity index (χ0v) is 9.47. The Bertz CT molecular complexity index is 613. The van der Waals surface area contributed by atoms with Crippen molar-refractivity contribution in [3.05, 3.63) is 41.9 Å². The Kier molecular flexibility index (Phi) is 2.54. The molecule has 1 N–H and O–H groups in total. The molecule has 0 saturated heterocycles. The van der Waals surface area contributed by atoms with Gasteiger partial charge in [0.1, 0.15) is 11.8 Å². The third-order valence-corrected chi connectivity index (χ3v) is 2.61. The van der Waals surface area contributed by atoms with Crippen molar-refractivity contribution in [3.8, 4) is 17.6 Å². The molecule has 1 aliphatic rings. The number of fused-ring (bicyclic) bond motifs is 1. The van der Waals surface area contributed by atoms with Gasteiger partial charge in [-0.15, -0.1) is 0 Å². The van der Waals surface area contributed by atoms with Crippen LogP contribution in [-0.4, -0.2) is 6.79 Å². The predicted molar refractivity (Wildman–Crippen MR) is 63.3 cm³/mol. The maximum absolute atomic E-state index is 8.65. The van der Waals surface area contributed by atoms with E-state index in [4.69, 9.17) is 19.2 Å². The maximum Gasteiger partial charge on any atom is 0.231 e. The van der Waals surface area contributed by atoms with Crippen molar-refractivity contribution >= 4 is 5.69 Å². The first-order valence-electron chi connectivity index (χ1n) is 5.47. The quantitative estimate of drug-likeness (QED) is 0.895. The van der Waals surface area contributed by atoms with E-state index in [9.17, 15) is 0 Å². The molecule has 0 radical (unpaired) electrons. The second-order valence-corrected chi connectivity index (χ2v) is 3.80. The number of ether oxygens (including phenoxy) is 2. The third kappa shape index (κ3) is 1.96. The summed E-state index contributed by atoms with van der Waals surface area (Å²) in [6.07, 6.45) is 0. The molecule has 0 saturated carbocycles. The summed E-state index contributed by atoms with van der Waals surface area (Å²) in [5.41, 5.74) is 0.911. The van der Waals surface area contributed by atoms with E-state index in [2.05, 4.69) is 5.32 Å². The summed E-state index contributed by atoms with van der Waals surface area (Å²) in [5.74, 6) is 2.52. The molecular weight excluding hydrogens is 232 g/mol. The molecule has 0 fully saturated rings. The van der Waals surface area contributed by atoms with Crippen molar-refractivity contribution in [2.45, 2.75) is 6.54 Å². The van der Waals surface area contributed by atoms with Crippen molar-refractivity contribution in [2.24, 2.45) is 0 Å². The Labute approximate surface area is 104 Å². The molecule has 0 aliphatic carbocycles. The van der Waals surface area contributed by atoms with E-state index in [1.807, 2.05) is 24.3 Å². The second-order valence-electron chi connectivity index (χ2n) is 3.80. The zero-order chi connectivity index (χ0) is 12.4. The van der Waals surface area contributed by atoms with Crippen LogP contribution in [-0.2, 0) is 6.54 Å². The van der Waals surface area contributed by atoms with E-state index in [0.717, 1.165) is 17.2 Å². The van der Waals surface area contributed by atoms with Crippen molar-refractivity contribution in [2.75, 3.05) is 12.1 Å². The Morgan fingerprint density at radius 2 is 2.06 bits per heavy atom. The zero-order valence-electron chi connectivity index (χ0n) is 9.47. The molecule has 5 heteroatoms. The molecule has 2 aromatic rings. The number of furan rings is 1. The lowest BCUT2D eigenvalue weighted by molar-refractivity contribution is 0.174.